The van der Waals surface area contributed by atoms with Crippen LogP contribution in [0.1, 0.15) is 26.7 Å². The van der Waals surface area contributed by atoms with Gasteiger partial charge in [-0.2, -0.15) is 0 Å². The maximum absolute atomic E-state index is 11.1. The Morgan fingerprint density at radius 3 is 2.43 bits per heavy atom. The van der Waals surface area contributed by atoms with Crippen molar-refractivity contribution in [2.75, 3.05) is 19.0 Å². The lowest BCUT2D eigenvalue weighted by molar-refractivity contribution is -0.424. The van der Waals surface area contributed by atoms with Gasteiger partial charge in [0.05, 0.1) is 13.1 Å². The van der Waals surface area contributed by atoms with Gasteiger partial charge in [0.15, 0.2) is 12.2 Å². The van der Waals surface area contributed by atoms with Crippen molar-refractivity contribution in [3.63, 3.8) is 0 Å². The smallest absolute Gasteiger partial charge is 0.287 e. The Morgan fingerprint density at radius 2 is 1.95 bits per heavy atom. The van der Waals surface area contributed by atoms with Gasteiger partial charge in [0, 0.05) is 12.1 Å². The van der Waals surface area contributed by atoms with Gasteiger partial charge in [0.2, 0.25) is 0 Å². The highest BCUT2D eigenvalue weighted by atomic mass is 32.2. The summed E-state index contributed by atoms with van der Waals surface area (Å²) in [5.74, 6) is -0.744. The molecular weight excluding hydrogens is 294 g/mol. The van der Waals surface area contributed by atoms with Gasteiger partial charge >= 0.3 is 0 Å². The third-order valence-electron chi connectivity index (χ3n) is 2.64. The number of nitrogens with zero attached hydrogens (tertiary/aromatic N) is 3. The SMILES string of the molecule is CCCN(C=[N+](CS(=O)(=O)[O-])c1cccc(O)n1)CCC. The molecule has 0 unspecified atom stereocenters. The van der Waals surface area contributed by atoms with Gasteiger partial charge in [-0.1, -0.05) is 18.8 Å². The molecule has 118 valence electrons. The first-order valence-electron chi connectivity index (χ1n) is 6.81. The average Bonchev–Trinajstić information content (AvgIpc) is 2.37. The topological polar surface area (TPSA) is 96.6 Å². The second-order valence-electron chi connectivity index (χ2n) is 4.66. The summed E-state index contributed by atoms with van der Waals surface area (Å²) in [6.07, 6.45) is 3.36. The zero-order chi connectivity index (χ0) is 15.9. The molecule has 0 radical (unpaired) electrons. The van der Waals surface area contributed by atoms with E-state index < -0.39 is 16.0 Å². The molecule has 0 spiro atoms. The molecule has 0 amide bonds. The van der Waals surface area contributed by atoms with Crippen LogP contribution in [-0.2, 0) is 10.1 Å². The number of aromatic nitrogens is 1. The monoisotopic (exact) mass is 315 g/mol. The van der Waals surface area contributed by atoms with Crippen LogP contribution in [0.15, 0.2) is 18.2 Å². The molecule has 0 saturated carbocycles. The largest absolute Gasteiger partial charge is 0.745 e. The van der Waals surface area contributed by atoms with Crippen LogP contribution in [0.3, 0.4) is 0 Å². The summed E-state index contributed by atoms with van der Waals surface area (Å²) in [6, 6.07) is 4.46. The van der Waals surface area contributed by atoms with Crippen molar-refractivity contribution in [1.29, 1.82) is 0 Å². The lowest BCUT2D eigenvalue weighted by Gasteiger charge is -2.17. The normalized spacial score (nSPS) is 12.4. The fraction of sp³-hybridized carbons (Fsp3) is 0.538. The van der Waals surface area contributed by atoms with Crippen LogP contribution in [0.2, 0.25) is 0 Å². The standard InChI is InChI=1S/C13H21N3O4S/c1-3-8-15(9-4-2)10-16(11-21(18,19)20)12-6-5-7-13(17)14-12/h5-7,10H,3-4,8-9,11H2,1-2H3,(H-,14,17,18,19,20). The van der Waals surface area contributed by atoms with E-state index in [4.69, 9.17) is 0 Å². The fourth-order valence-corrected chi connectivity index (χ4v) is 2.44. The van der Waals surface area contributed by atoms with Gasteiger partial charge in [-0.05, 0) is 18.9 Å². The molecule has 8 heteroatoms. The average molecular weight is 315 g/mol. The Kier molecular flexibility index (Phi) is 6.57. The second-order valence-corrected chi connectivity index (χ2v) is 6.04. The Bertz CT molecular complexity index is 581. The molecule has 1 aromatic rings. The number of hydrogen-bond donors (Lipinski definition) is 1. The Morgan fingerprint density at radius 1 is 1.33 bits per heavy atom. The number of pyridine rings is 1. The van der Waals surface area contributed by atoms with E-state index in [2.05, 4.69) is 4.98 Å². The summed E-state index contributed by atoms with van der Waals surface area (Å²) < 4.78 is 34.5. The van der Waals surface area contributed by atoms with Crippen molar-refractivity contribution in [2.45, 2.75) is 26.7 Å². The lowest BCUT2D eigenvalue weighted by Crippen LogP contribution is -2.31. The van der Waals surface area contributed by atoms with Gasteiger partial charge in [-0.15, -0.1) is 0 Å². The molecule has 7 nitrogen and oxygen atoms in total. The van der Waals surface area contributed by atoms with Crippen molar-refractivity contribution >= 4 is 22.3 Å². The van der Waals surface area contributed by atoms with E-state index in [9.17, 15) is 18.1 Å². The minimum atomic E-state index is -4.46. The van der Waals surface area contributed by atoms with Crippen LogP contribution in [0.25, 0.3) is 0 Å². The number of aromatic hydroxyl groups is 1. The lowest BCUT2D eigenvalue weighted by atomic mass is 10.4. The first-order chi connectivity index (χ1) is 9.85. The zero-order valence-corrected chi connectivity index (χ0v) is 13.1. The molecule has 0 aromatic carbocycles. The fourth-order valence-electron chi connectivity index (χ4n) is 1.90. The highest BCUT2D eigenvalue weighted by Gasteiger charge is 2.14. The molecular formula is C13H21N3O4S. The van der Waals surface area contributed by atoms with Crippen molar-refractivity contribution in [2.24, 2.45) is 0 Å². The summed E-state index contributed by atoms with van der Waals surface area (Å²) in [4.78, 5) is 5.78. The first-order valence-corrected chi connectivity index (χ1v) is 8.38. The molecule has 1 rings (SSSR count). The van der Waals surface area contributed by atoms with E-state index in [0.29, 0.717) is 0 Å². The van der Waals surface area contributed by atoms with Crippen molar-refractivity contribution in [1.82, 2.24) is 9.88 Å². The van der Waals surface area contributed by atoms with Crippen LogP contribution in [0.5, 0.6) is 5.88 Å². The van der Waals surface area contributed by atoms with Gasteiger partial charge in [0.1, 0.15) is 10.1 Å². The van der Waals surface area contributed by atoms with Gasteiger partial charge in [-0.25, -0.2) is 13.0 Å². The first kappa shape index (κ1) is 17.4. The molecule has 1 heterocycles. The van der Waals surface area contributed by atoms with Crippen molar-refractivity contribution < 1.29 is 22.7 Å². The van der Waals surface area contributed by atoms with Crippen molar-refractivity contribution in [3.05, 3.63) is 18.2 Å². The highest BCUT2D eigenvalue weighted by Crippen LogP contribution is 2.13. The summed E-state index contributed by atoms with van der Waals surface area (Å²) in [7, 11) is -4.46. The third-order valence-corrected chi connectivity index (χ3v) is 3.23. The van der Waals surface area contributed by atoms with Crippen LogP contribution < -0.4 is 0 Å². The number of hydrogen-bond acceptors (Lipinski definition) is 5. The quantitative estimate of drug-likeness (QED) is 0.334. The molecule has 0 bridgehead atoms. The van der Waals surface area contributed by atoms with E-state index in [1.165, 1.54) is 16.7 Å². The predicted octanol–water partition coefficient (Wildman–Crippen LogP) is 1.08. The Hall–Kier alpha value is -1.67. The molecule has 0 aliphatic heterocycles. The predicted molar refractivity (Wildman–Crippen MR) is 78.6 cm³/mol. The van der Waals surface area contributed by atoms with E-state index in [-0.39, 0.29) is 11.7 Å². The van der Waals surface area contributed by atoms with Gasteiger partial charge in [0.25, 0.3) is 11.7 Å². The summed E-state index contributed by atoms with van der Waals surface area (Å²) in [6.45, 7) is 5.50. The molecule has 0 atom stereocenters. The van der Waals surface area contributed by atoms with Crippen LogP contribution in [0.4, 0.5) is 5.82 Å². The van der Waals surface area contributed by atoms with E-state index in [1.807, 2.05) is 18.7 Å². The Labute approximate surface area is 125 Å². The molecule has 0 fully saturated rings. The van der Waals surface area contributed by atoms with Crippen LogP contribution in [0, 0.1) is 0 Å². The minimum absolute atomic E-state index is 0.214. The van der Waals surface area contributed by atoms with Gasteiger partial charge in [-0.3, -0.25) is 4.90 Å². The van der Waals surface area contributed by atoms with E-state index >= 15 is 0 Å². The minimum Gasteiger partial charge on any atom is -0.745 e. The molecule has 0 aliphatic rings. The molecule has 0 saturated heterocycles. The van der Waals surface area contributed by atoms with Crippen molar-refractivity contribution in [3.8, 4) is 5.88 Å². The molecule has 1 N–H and O–H groups in total. The van der Waals surface area contributed by atoms with Gasteiger partial charge < -0.3 is 9.66 Å². The maximum Gasteiger partial charge on any atom is 0.287 e. The molecule has 21 heavy (non-hydrogen) atoms. The summed E-state index contributed by atoms with van der Waals surface area (Å²) >= 11 is 0. The van der Waals surface area contributed by atoms with E-state index in [0.717, 1.165) is 25.9 Å². The summed E-state index contributed by atoms with van der Waals surface area (Å²) in [5.41, 5.74) is 0. The second kappa shape index (κ2) is 7.94. The molecule has 0 aliphatic carbocycles. The third kappa shape index (κ3) is 6.54. The summed E-state index contributed by atoms with van der Waals surface area (Å²) in [5, 5.41) is 9.41. The number of rotatable bonds is 8. The zero-order valence-electron chi connectivity index (χ0n) is 12.3. The Balaban J connectivity index is 3.17. The van der Waals surface area contributed by atoms with Crippen LogP contribution >= 0.6 is 0 Å². The van der Waals surface area contributed by atoms with Crippen LogP contribution in [-0.4, -0.2) is 57.8 Å². The van der Waals surface area contributed by atoms with E-state index in [1.54, 1.807) is 12.4 Å². The maximum atomic E-state index is 11.1. The molecule has 1 aromatic heterocycles. The highest BCUT2D eigenvalue weighted by molar-refractivity contribution is 7.85.